The van der Waals surface area contributed by atoms with E-state index < -0.39 is 0 Å². The Labute approximate surface area is 417 Å². The molecule has 0 atom stereocenters. The van der Waals surface area contributed by atoms with E-state index in [-0.39, 0.29) is 10.8 Å². The molecular weight excluding hydrogens is 869 g/mol. The van der Waals surface area contributed by atoms with Crippen LogP contribution in [0.4, 0.5) is 0 Å². The Bertz CT molecular complexity index is 4390. The monoisotopic (exact) mass is 910 g/mol. The first kappa shape index (κ1) is 39.7. The van der Waals surface area contributed by atoms with Gasteiger partial charge in [0.1, 0.15) is 0 Å². The van der Waals surface area contributed by atoms with E-state index in [2.05, 4.69) is 222 Å². The molecule has 2 nitrogen and oxygen atoms in total. The summed E-state index contributed by atoms with van der Waals surface area (Å²) in [5, 5.41) is 33.7. The Hall–Kier alpha value is -9.08. The van der Waals surface area contributed by atoms with Crippen molar-refractivity contribution in [2.75, 3.05) is 0 Å². The molecule has 0 spiro atoms. The second-order valence-corrected chi connectivity index (χ2v) is 21.7. The molecule has 4 aliphatic carbocycles. The van der Waals surface area contributed by atoms with Crippen LogP contribution >= 0.6 is 0 Å². The van der Waals surface area contributed by atoms with Crippen LogP contribution in [0.5, 0.6) is 0 Å². The van der Waals surface area contributed by atoms with E-state index in [1.165, 1.54) is 111 Å². The molecule has 16 rings (SSSR count). The van der Waals surface area contributed by atoms with Crippen LogP contribution in [-0.2, 0) is 10.8 Å². The smallest absolute Gasteiger partial charge is 0.0991 e. The van der Waals surface area contributed by atoms with Crippen molar-refractivity contribution >= 4 is 53.9 Å². The third-order valence-corrected chi connectivity index (χ3v) is 17.5. The standard InChI is InChI=1S/C70H42N2/c1-69(2)61-23-7-5-17-45(61)67-59(25-37(35-71)27-63(67)69)57-33-53-52-30-48-42-20-10-14-40-16-12-22-44(66(40)42)50(48)32-56(52)58(60-26-38(36-72)28-64-68(60)46-18-6-8-24-62(46)70(64,3)4)34-54(53)51-29-47-41-19-9-13-39-15-11-21-43(65(39)41)49(47)31-55(51)57/h5-34H,1-4H3. The summed E-state index contributed by atoms with van der Waals surface area (Å²) in [4.78, 5) is 0. The number of hydrogen-bond donors (Lipinski definition) is 0. The van der Waals surface area contributed by atoms with Gasteiger partial charge in [0.2, 0.25) is 0 Å². The zero-order chi connectivity index (χ0) is 48.1. The predicted octanol–water partition coefficient (Wildman–Crippen LogP) is 18.4. The highest BCUT2D eigenvalue weighted by Gasteiger charge is 2.40. The molecule has 0 saturated heterocycles. The van der Waals surface area contributed by atoms with Crippen molar-refractivity contribution in [2.45, 2.75) is 38.5 Å². The van der Waals surface area contributed by atoms with E-state index in [0.29, 0.717) is 11.1 Å². The summed E-state index contributed by atoms with van der Waals surface area (Å²) in [7, 11) is 0. The fourth-order valence-corrected chi connectivity index (χ4v) is 14.2. The normalized spacial score (nSPS) is 14.3. The Morgan fingerprint density at radius 1 is 0.278 bits per heavy atom. The molecule has 0 N–H and O–H groups in total. The van der Waals surface area contributed by atoms with Gasteiger partial charge in [-0.2, -0.15) is 10.5 Å². The van der Waals surface area contributed by atoms with Crippen molar-refractivity contribution in [1.82, 2.24) is 0 Å². The van der Waals surface area contributed by atoms with Crippen molar-refractivity contribution in [3.05, 3.63) is 215 Å². The number of rotatable bonds is 2. The molecule has 12 aromatic carbocycles. The fraction of sp³-hybridized carbons (Fsp3) is 0.0857. The van der Waals surface area contributed by atoms with E-state index in [1.807, 2.05) is 0 Å². The van der Waals surface area contributed by atoms with Crippen molar-refractivity contribution < 1.29 is 0 Å². The summed E-state index contributed by atoms with van der Waals surface area (Å²) in [6, 6.07) is 73.1. The van der Waals surface area contributed by atoms with E-state index in [1.54, 1.807) is 0 Å². The first-order chi connectivity index (χ1) is 35.1. The average Bonchev–Trinajstić information content (AvgIpc) is 4.06. The molecule has 0 aliphatic heterocycles. The minimum atomic E-state index is -0.303. The molecular formula is C70H42N2. The maximum Gasteiger partial charge on any atom is 0.0991 e. The number of nitriles is 2. The van der Waals surface area contributed by atoms with Crippen LogP contribution in [0.15, 0.2) is 182 Å². The van der Waals surface area contributed by atoms with Gasteiger partial charge in [0.05, 0.1) is 23.3 Å². The third kappa shape index (κ3) is 4.82. The second-order valence-electron chi connectivity index (χ2n) is 21.7. The lowest BCUT2D eigenvalue weighted by molar-refractivity contribution is 0.660. The summed E-state index contributed by atoms with van der Waals surface area (Å²) in [5.41, 5.74) is 24.8. The van der Waals surface area contributed by atoms with Gasteiger partial charge >= 0.3 is 0 Å². The largest absolute Gasteiger partial charge is 0.192 e. The molecule has 4 aliphatic rings. The third-order valence-electron chi connectivity index (χ3n) is 17.5. The molecule has 0 unspecified atom stereocenters. The van der Waals surface area contributed by atoms with Gasteiger partial charge in [-0.15, -0.1) is 0 Å². The molecule has 0 heterocycles. The van der Waals surface area contributed by atoms with Crippen LogP contribution in [0.2, 0.25) is 0 Å². The maximum absolute atomic E-state index is 10.9. The van der Waals surface area contributed by atoms with Gasteiger partial charge in [-0.3, -0.25) is 0 Å². The van der Waals surface area contributed by atoms with Gasteiger partial charge < -0.3 is 0 Å². The fourth-order valence-electron chi connectivity index (χ4n) is 14.2. The zero-order valence-electron chi connectivity index (χ0n) is 40.2. The first-order valence-electron chi connectivity index (χ1n) is 25.1. The van der Waals surface area contributed by atoms with Crippen LogP contribution in [0.1, 0.15) is 61.1 Å². The van der Waals surface area contributed by atoms with E-state index in [9.17, 15) is 10.5 Å². The molecule has 0 amide bonds. The van der Waals surface area contributed by atoms with Crippen LogP contribution in [0.25, 0.3) is 143 Å². The highest BCUT2D eigenvalue weighted by molar-refractivity contribution is 6.30. The second kappa shape index (κ2) is 13.4. The lowest BCUT2D eigenvalue weighted by Crippen LogP contribution is -2.15. The van der Waals surface area contributed by atoms with E-state index >= 15 is 0 Å². The summed E-state index contributed by atoms with van der Waals surface area (Å²) < 4.78 is 0. The quantitative estimate of drug-likeness (QED) is 0.162. The highest BCUT2D eigenvalue weighted by Crippen LogP contribution is 2.59. The summed E-state index contributed by atoms with van der Waals surface area (Å²) in [5.74, 6) is 0. The van der Waals surface area contributed by atoms with Crippen molar-refractivity contribution in [1.29, 1.82) is 10.5 Å². The molecule has 0 saturated carbocycles. The lowest BCUT2D eigenvalue weighted by atomic mass is 9.79. The topological polar surface area (TPSA) is 47.6 Å². The Morgan fingerprint density at radius 2 is 0.597 bits per heavy atom. The van der Waals surface area contributed by atoms with Gasteiger partial charge in [-0.1, -0.05) is 149 Å². The van der Waals surface area contributed by atoms with Gasteiger partial charge in [0.15, 0.2) is 0 Å². The van der Waals surface area contributed by atoms with Gasteiger partial charge in [0, 0.05) is 10.8 Å². The number of benzene rings is 12. The molecule has 0 aromatic heterocycles. The van der Waals surface area contributed by atoms with Crippen molar-refractivity contribution in [3.63, 3.8) is 0 Å². The Morgan fingerprint density at radius 3 is 0.972 bits per heavy atom. The van der Waals surface area contributed by atoms with Crippen LogP contribution < -0.4 is 0 Å². The van der Waals surface area contributed by atoms with Crippen LogP contribution in [0, 0.1) is 22.7 Å². The first-order valence-corrected chi connectivity index (χ1v) is 25.1. The van der Waals surface area contributed by atoms with Crippen LogP contribution in [0.3, 0.4) is 0 Å². The minimum absolute atomic E-state index is 0.303. The summed E-state index contributed by atoms with van der Waals surface area (Å²) in [6.07, 6.45) is 0. The lowest BCUT2D eigenvalue weighted by Gasteiger charge is -2.23. The number of hydrogen-bond acceptors (Lipinski definition) is 2. The molecule has 72 heavy (non-hydrogen) atoms. The molecule has 12 aromatic rings. The maximum atomic E-state index is 10.9. The van der Waals surface area contributed by atoms with E-state index in [4.69, 9.17) is 0 Å². The predicted molar refractivity (Wildman–Crippen MR) is 298 cm³/mol. The van der Waals surface area contributed by atoms with Crippen molar-refractivity contribution in [3.8, 4) is 101 Å². The molecule has 2 heteroatoms. The Balaban J connectivity index is 1.12. The van der Waals surface area contributed by atoms with Crippen LogP contribution in [-0.4, -0.2) is 0 Å². The molecule has 0 bridgehead atoms. The highest BCUT2D eigenvalue weighted by atomic mass is 14.4. The summed E-state index contributed by atoms with van der Waals surface area (Å²) >= 11 is 0. The molecule has 0 radical (unpaired) electrons. The number of nitrogens with zero attached hydrogens (tertiary/aromatic N) is 2. The number of fused-ring (bicyclic) bond motifs is 17. The summed E-state index contributed by atoms with van der Waals surface area (Å²) in [6.45, 7) is 9.21. The van der Waals surface area contributed by atoms with Crippen molar-refractivity contribution in [2.24, 2.45) is 0 Å². The SMILES string of the molecule is CC1(C)c2ccccc2-c2c(-c3cc4c5cc6c(cc5c(-c5cc(C#N)cc7c5-c5ccccc5C7(C)C)cc4c4cc5c(cc34)-c3cccc4cccc-5c34)-c3cccc4cccc-6c34)cc(C#N)cc21. The molecule has 332 valence electrons. The minimum Gasteiger partial charge on any atom is -0.192 e. The molecule has 0 fully saturated rings. The van der Waals surface area contributed by atoms with Gasteiger partial charge in [0.25, 0.3) is 0 Å². The average molecular weight is 911 g/mol. The van der Waals surface area contributed by atoms with Gasteiger partial charge in [-0.05, 0) is 226 Å². The van der Waals surface area contributed by atoms with Gasteiger partial charge in [-0.25, -0.2) is 0 Å². The zero-order valence-corrected chi connectivity index (χ0v) is 40.2. The van der Waals surface area contributed by atoms with E-state index in [0.717, 1.165) is 54.6 Å². The Kier molecular flexibility index (Phi) is 7.40.